The van der Waals surface area contributed by atoms with Crippen molar-refractivity contribution in [3.05, 3.63) is 35.4 Å². The summed E-state index contributed by atoms with van der Waals surface area (Å²) in [6.45, 7) is 2.70. The third kappa shape index (κ3) is 4.19. The van der Waals surface area contributed by atoms with E-state index < -0.39 is 5.97 Å². The second kappa shape index (κ2) is 7.07. The van der Waals surface area contributed by atoms with Crippen molar-refractivity contribution in [1.82, 2.24) is 0 Å². The maximum absolute atomic E-state index is 11.2. The predicted molar refractivity (Wildman–Crippen MR) is 69.1 cm³/mol. The summed E-state index contributed by atoms with van der Waals surface area (Å²) in [5.74, 6) is -1.10. The molecule has 3 N–H and O–H groups in total. The molecular weight excluding hydrogens is 214 g/mol. The minimum atomic E-state index is -0.731. The summed E-state index contributed by atoms with van der Waals surface area (Å²) >= 11 is 0. The van der Waals surface area contributed by atoms with Gasteiger partial charge >= 0.3 is 5.97 Å². The molecule has 0 saturated heterocycles. The van der Waals surface area contributed by atoms with Gasteiger partial charge in [0.15, 0.2) is 0 Å². The molecule has 0 fully saturated rings. The summed E-state index contributed by atoms with van der Waals surface area (Å²) in [6, 6.07) is 7.78. The Morgan fingerprint density at radius 2 is 2.00 bits per heavy atom. The van der Waals surface area contributed by atoms with Gasteiger partial charge in [0.05, 0.1) is 5.92 Å². The summed E-state index contributed by atoms with van der Waals surface area (Å²) in [5.41, 5.74) is 7.54. The molecule has 0 amide bonds. The number of carboxylic acids is 1. The number of hydrogen-bond acceptors (Lipinski definition) is 2. The van der Waals surface area contributed by atoms with Crippen LogP contribution < -0.4 is 5.73 Å². The van der Waals surface area contributed by atoms with Crippen molar-refractivity contribution >= 4 is 5.97 Å². The van der Waals surface area contributed by atoms with Gasteiger partial charge in [0.2, 0.25) is 0 Å². The normalized spacial score (nSPS) is 12.4. The van der Waals surface area contributed by atoms with Crippen LogP contribution in [0.5, 0.6) is 0 Å². The standard InChI is InChI=1S/C14H21NO2/c1-2-3-4-13(14(16)17)12-7-5-11(6-8-12)9-10-15/h5-8,13H,2-4,9-10,15H2,1H3,(H,16,17). The van der Waals surface area contributed by atoms with Crippen LogP contribution in [0.25, 0.3) is 0 Å². The quantitative estimate of drug-likeness (QED) is 0.763. The summed E-state index contributed by atoms with van der Waals surface area (Å²) < 4.78 is 0. The van der Waals surface area contributed by atoms with E-state index in [-0.39, 0.29) is 5.92 Å². The highest BCUT2D eigenvalue weighted by Crippen LogP contribution is 2.22. The van der Waals surface area contributed by atoms with E-state index in [9.17, 15) is 9.90 Å². The zero-order valence-corrected chi connectivity index (χ0v) is 10.4. The minimum Gasteiger partial charge on any atom is -0.481 e. The molecule has 0 bridgehead atoms. The first kappa shape index (κ1) is 13.7. The smallest absolute Gasteiger partial charge is 0.310 e. The molecule has 0 aromatic heterocycles. The number of aliphatic carboxylic acids is 1. The van der Waals surface area contributed by atoms with E-state index in [1.165, 1.54) is 0 Å². The van der Waals surface area contributed by atoms with Gasteiger partial charge in [-0.3, -0.25) is 4.79 Å². The molecule has 0 saturated carbocycles. The SMILES string of the molecule is CCCCC(C(=O)O)c1ccc(CCN)cc1. The van der Waals surface area contributed by atoms with E-state index in [4.69, 9.17) is 5.73 Å². The fourth-order valence-corrected chi connectivity index (χ4v) is 1.92. The molecule has 94 valence electrons. The van der Waals surface area contributed by atoms with Crippen molar-refractivity contribution in [2.24, 2.45) is 5.73 Å². The molecule has 17 heavy (non-hydrogen) atoms. The van der Waals surface area contributed by atoms with Crippen LogP contribution in [0.1, 0.15) is 43.2 Å². The van der Waals surface area contributed by atoms with Crippen LogP contribution in [-0.2, 0) is 11.2 Å². The third-order valence-corrected chi connectivity index (χ3v) is 2.96. The summed E-state index contributed by atoms with van der Waals surface area (Å²) in [7, 11) is 0. The van der Waals surface area contributed by atoms with Gasteiger partial charge < -0.3 is 10.8 Å². The molecule has 1 aromatic rings. The first-order valence-corrected chi connectivity index (χ1v) is 6.20. The Morgan fingerprint density at radius 1 is 1.35 bits per heavy atom. The Hall–Kier alpha value is -1.35. The molecule has 3 nitrogen and oxygen atoms in total. The van der Waals surface area contributed by atoms with E-state index in [0.29, 0.717) is 13.0 Å². The summed E-state index contributed by atoms with van der Waals surface area (Å²) in [4.78, 5) is 11.2. The van der Waals surface area contributed by atoms with Crippen molar-refractivity contribution in [2.75, 3.05) is 6.54 Å². The molecule has 1 unspecified atom stereocenters. The summed E-state index contributed by atoms with van der Waals surface area (Å²) in [5, 5.41) is 9.21. The van der Waals surface area contributed by atoms with Gasteiger partial charge in [-0.25, -0.2) is 0 Å². The molecule has 1 rings (SSSR count). The lowest BCUT2D eigenvalue weighted by atomic mass is 9.93. The number of carbonyl (C=O) groups is 1. The monoisotopic (exact) mass is 235 g/mol. The minimum absolute atomic E-state index is 0.373. The maximum atomic E-state index is 11.2. The lowest BCUT2D eigenvalue weighted by Crippen LogP contribution is -2.11. The molecule has 0 spiro atoms. The van der Waals surface area contributed by atoms with E-state index in [1.807, 2.05) is 24.3 Å². The van der Waals surface area contributed by atoms with Crippen LogP contribution in [0.15, 0.2) is 24.3 Å². The van der Waals surface area contributed by atoms with Crippen LogP contribution in [-0.4, -0.2) is 17.6 Å². The van der Waals surface area contributed by atoms with Gasteiger partial charge in [-0.1, -0.05) is 44.0 Å². The predicted octanol–water partition coefficient (Wildman–Crippen LogP) is 2.55. The number of carboxylic acid groups (broad SMARTS) is 1. The van der Waals surface area contributed by atoms with Crippen LogP contribution in [0.4, 0.5) is 0 Å². The number of benzene rings is 1. The van der Waals surface area contributed by atoms with Crippen molar-refractivity contribution in [3.63, 3.8) is 0 Å². The molecule has 0 heterocycles. The summed E-state index contributed by atoms with van der Waals surface area (Å²) in [6.07, 6.45) is 3.52. The number of unbranched alkanes of at least 4 members (excludes halogenated alkanes) is 1. The second-order valence-corrected chi connectivity index (χ2v) is 4.31. The van der Waals surface area contributed by atoms with Crippen molar-refractivity contribution in [2.45, 2.75) is 38.5 Å². The fourth-order valence-electron chi connectivity index (χ4n) is 1.92. The average Bonchev–Trinajstić information content (AvgIpc) is 2.31. The van der Waals surface area contributed by atoms with Crippen molar-refractivity contribution in [1.29, 1.82) is 0 Å². The largest absolute Gasteiger partial charge is 0.481 e. The van der Waals surface area contributed by atoms with Gasteiger partial charge in [0, 0.05) is 0 Å². The van der Waals surface area contributed by atoms with Gasteiger partial charge in [0.25, 0.3) is 0 Å². The molecule has 0 aliphatic carbocycles. The zero-order valence-electron chi connectivity index (χ0n) is 10.4. The highest BCUT2D eigenvalue weighted by Gasteiger charge is 2.18. The van der Waals surface area contributed by atoms with Crippen LogP contribution >= 0.6 is 0 Å². The van der Waals surface area contributed by atoms with Crippen molar-refractivity contribution in [3.8, 4) is 0 Å². The average molecular weight is 235 g/mol. The number of nitrogens with two attached hydrogens (primary N) is 1. The van der Waals surface area contributed by atoms with Crippen LogP contribution in [0.2, 0.25) is 0 Å². The molecule has 0 aliphatic heterocycles. The zero-order chi connectivity index (χ0) is 12.7. The molecule has 1 atom stereocenters. The Kier molecular flexibility index (Phi) is 5.70. The van der Waals surface area contributed by atoms with Gasteiger partial charge in [0.1, 0.15) is 0 Å². The van der Waals surface area contributed by atoms with Gasteiger partial charge in [-0.15, -0.1) is 0 Å². The molecular formula is C14H21NO2. The lowest BCUT2D eigenvalue weighted by molar-refractivity contribution is -0.139. The molecule has 1 aromatic carbocycles. The lowest BCUT2D eigenvalue weighted by Gasteiger charge is -2.12. The topological polar surface area (TPSA) is 63.3 Å². The van der Waals surface area contributed by atoms with Gasteiger partial charge in [-0.05, 0) is 30.5 Å². The first-order valence-electron chi connectivity index (χ1n) is 6.20. The fraction of sp³-hybridized carbons (Fsp3) is 0.500. The highest BCUT2D eigenvalue weighted by atomic mass is 16.4. The van der Waals surface area contributed by atoms with Crippen molar-refractivity contribution < 1.29 is 9.90 Å². The Morgan fingerprint density at radius 3 is 2.47 bits per heavy atom. The molecule has 0 aliphatic rings. The third-order valence-electron chi connectivity index (χ3n) is 2.96. The first-order chi connectivity index (χ1) is 8.19. The number of hydrogen-bond donors (Lipinski definition) is 2. The Balaban J connectivity index is 2.76. The van der Waals surface area contributed by atoms with E-state index in [0.717, 1.165) is 30.4 Å². The van der Waals surface area contributed by atoms with E-state index in [1.54, 1.807) is 0 Å². The molecule has 0 radical (unpaired) electrons. The van der Waals surface area contributed by atoms with Crippen LogP contribution in [0, 0.1) is 0 Å². The van der Waals surface area contributed by atoms with Crippen LogP contribution in [0.3, 0.4) is 0 Å². The Labute approximate surface area is 103 Å². The molecule has 3 heteroatoms. The Bertz CT molecular complexity index is 346. The number of rotatable bonds is 7. The van der Waals surface area contributed by atoms with E-state index in [2.05, 4.69) is 6.92 Å². The van der Waals surface area contributed by atoms with Gasteiger partial charge in [-0.2, -0.15) is 0 Å². The highest BCUT2D eigenvalue weighted by molar-refractivity contribution is 5.76. The second-order valence-electron chi connectivity index (χ2n) is 4.31. The van der Waals surface area contributed by atoms with E-state index >= 15 is 0 Å². The maximum Gasteiger partial charge on any atom is 0.310 e.